The van der Waals surface area contributed by atoms with Gasteiger partial charge in [-0.2, -0.15) is 18.3 Å². The van der Waals surface area contributed by atoms with Crippen LogP contribution in [0.25, 0.3) is 10.9 Å². The molecule has 0 saturated heterocycles. The second-order valence-electron chi connectivity index (χ2n) is 3.81. The maximum absolute atomic E-state index is 12.6. The molecule has 19 heavy (non-hydrogen) atoms. The van der Waals surface area contributed by atoms with Crippen molar-refractivity contribution in [1.82, 2.24) is 15.2 Å². The smallest absolute Gasteiger partial charge is 0.387 e. The molecule has 2 rings (SSSR count). The minimum absolute atomic E-state index is 0.0702. The Balaban J connectivity index is 0.000000861. The van der Waals surface area contributed by atoms with Crippen LogP contribution in [0.3, 0.4) is 0 Å². The highest BCUT2D eigenvalue weighted by atomic mass is 19.4. The Labute approximate surface area is 108 Å². The molecule has 1 unspecified atom stereocenters. The lowest BCUT2D eigenvalue weighted by Gasteiger charge is -2.10. The minimum atomic E-state index is -4.54. The standard InChI is InChI=1S/C10H10F3N3O.C2H6/c1-4-6-3-7(10(11,12)13)14-8(5(2)17)9(6)16-15-4;1-2/h3,5,17H,1-2H3,(H,15,16);1-2H3. The second-order valence-corrected chi connectivity index (χ2v) is 3.81. The van der Waals surface area contributed by atoms with Gasteiger partial charge in [0.1, 0.15) is 11.2 Å². The molecule has 0 saturated carbocycles. The molecule has 0 aliphatic rings. The number of nitrogens with zero attached hydrogens (tertiary/aromatic N) is 2. The number of alkyl halides is 3. The van der Waals surface area contributed by atoms with Crippen molar-refractivity contribution < 1.29 is 18.3 Å². The Bertz CT molecular complexity index is 561. The van der Waals surface area contributed by atoms with Crippen LogP contribution in [-0.4, -0.2) is 20.3 Å². The molecule has 2 aromatic rings. The first-order valence-corrected chi connectivity index (χ1v) is 5.91. The number of aliphatic hydroxyl groups is 1. The molecular formula is C12H16F3N3O. The molecule has 0 aliphatic heterocycles. The van der Waals surface area contributed by atoms with Crippen molar-refractivity contribution in [2.75, 3.05) is 0 Å². The van der Waals surface area contributed by atoms with Crippen LogP contribution in [0.5, 0.6) is 0 Å². The zero-order valence-corrected chi connectivity index (χ0v) is 11.1. The van der Waals surface area contributed by atoms with E-state index in [4.69, 9.17) is 0 Å². The second kappa shape index (κ2) is 5.56. The number of fused-ring (bicyclic) bond motifs is 1. The summed E-state index contributed by atoms with van der Waals surface area (Å²) < 4.78 is 37.9. The lowest BCUT2D eigenvalue weighted by molar-refractivity contribution is -0.141. The Morgan fingerprint density at radius 2 is 1.89 bits per heavy atom. The third-order valence-corrected chi connectivity index (χ3v) is 2.45. The molecule has 1 atom stereocenters. The number of aromatic nitrogens is 3. The van der Waals surface area contributed by atoms with Gasteiger partial charge in [-0.15, -0.1) is 0 Å². The van der Waals surface area contributed by atoms with Gasteiger partial charge in [0.25, 0.3) is 0 Å². The molecule has 0 aliphatic carbocycles. The van der Waals surface area contributed by atoms with E-state index in [9.17, 15) is 18.3 Å². The van der Waals surface area contributed by atoms with Crippen LogP contribution in [-0.2, 0) is 6.18 Å². The fraction of sp³-hybridized carbons (Fsp3) is 0.500. The summed E-state index contributed by atoms with van der Waals surface area (Å²) in [5.41, 5.74) is -0.315. The van der Waals surface area contributed by atoms with Gasteiger partial charge >= 0.3 is 6.18 Å². The number of nitrogens with one attached hydrogen (secondary N) is 1. The molecule has 0 spiro atoms. The zero-order valence-electron chi connectivity index (χ0n) is 11.1. The van der Waals surface area contributed by atoms with Gasteiger partial charge in [-0.25, -0.2) is 4.98 Å². The predicted molar refractivity (Wildman–Crippen MR) is 65.6 cm³/mol. The van der Waals surface area contributed by atoms with E-state index in [0.717, 1.165) is 6.07 Å². The molecule has 0 aromatic carbocycles. The number of hydrogen-bond donors (Lipinski definition) is 2. The number of aryl methyl sites for hydroxylation is 1. The Morgan fingerprint density at radius 1 is 1.32 bits per heavy atom. The van der Waals surface area contributed by atoms with Gasteiger partial charge in [0.15, 0.2) is 0 Å². The lowest BCUT2D eigenvalue weighted by Crippen LogP contribution is -2.11. The van der Waals surface area contributed by atoms with E-state index in [2.05, 4.69) is 15.2 Å². The van der Waals surface area contributed by atoms with E-state index < -0.39 is 18.0 Å². The minimum Gasteiger partial charge on any atom is -0.387 e. The number of rotatable bonds is 1. The molecule has 2 aromatic heterocycles. The van der Waals surface area contributed by atoms with E-state index >= 15 is 0 Å². The van der Waals surface area contributed by atoms with Gasteiger partial charge in [-0.3, -0.25) is 5.10 Å². The average molecular weight is 275 g/mol. The van der Waals surface area contributed by atoms with Crippen LogP contribution in [0.1, 0.15) is 44.0 Å². The predicted octanol–water partition coefficient (Wildman–Crippen LogP) is 3.36. The topological polar surface area (TPSA) is 61.8 Å². The first kappa shape index (κ1) is 15.4. The fourth-order valence-corrected chi connectivity index (χ4v) is 1.60. The maximum Gasteiger partial charge on any atom is 0.433 e. The largest absolute Gasteiger partial charge is 0.433 e. The van der Waals surface area contributed by atoms with Crippen LogP contribution >= 0.6 is 0 Å². The Kier molecular flexibility index (Phi) is 4.52. The lowest BCUT2D eigenvalue weighted by atomic mass is 10.1. The zero-order chi connectivity index (χ0) is 14.8. The molecule has 0 amide bonds. The van der Waals surface area contributed by atoms with Crippen molar-refractivity contribution in [1.29, 1.82) is 0 Å². The van der Waals surface area contributed by atoms with E-state index in [-0.39, 0.29) is 11.2 Å². The summed E-state index contributed by atoms with van der Waals surface area (Å²) >= 11 is 0. The van der Waals surface area contributed by atoms with Crippen LogP contribution in [0.4, 0.5) is 13.2 Å². The van der Waals surface area contributed by atoms with Gasteiger partial charge < -0.3 is 5.11 Å². The van der Waals surface area contributed by atoms with Crippen LogP contribution in [0, 0.1) is 6.92 Å². The molecule has 0 fully saturated rings. The Morgan fingerprint density at radius 3 is 2.37 bits per heavy atom. The first-order chi connectivity index (χ1) is 8.80. The summed E-state index contributed by atoms with van der Waals surface area (Å²) in [6, 6.07) is 0.931. The number of hydrogen-bond acceptors (Lipinski definition) is 3. The molecule has 0 radical (unpaired) electrons. The maximum atomic E-state index is 12.6. The van der Waals surface area contributed by atoms with Crippen molar-refractivity contribution in [2.24, 2.45) is 0 Å². The molecular weight excluding hydrogens is 259 g/mol. The van der Waals surface area contributed by atoms with Crippen LogP contribution in [0.2, 0.25) is 0 Å². The summed E-state index contributed by atoms with van der Waals surface area (Å²) in [4.78, 5) is 3.43. The summed E-state index contributed by atoms with van der Waals surface area (Å²) in [5, 5.41) is 16.2. The molecule has 2 heterocycles. The van der Waals surface area contributed by atoms with E-state index in [0.29, 0.717) is 11.1 Å². The number of halogens is 3. The van der Waals surface area contributed by atoms with Gasteiger partial charge in [0, 0.05) is 11.1 Å². The summed E-state index contributed by atoms with van der Waals surface area (Å²) in [6.45, 7) is 6.97. The van der Waals surface area contributed by atoms with Crippen molar-refractivity contribution >= 4 is 10.9 Å². The molecule has 4 nitrogen and oxygen atoms in total. The summed E-state index contributed by atoms with van der Waals surface area (Å²) in [7, 11) is 0. The van der Waals surface area contributed by atoms with Crippen molar-refractivity contribution in [3.8, 4) is 0 Å². The molecule has 0 bridgehead atoms. The normalized spacial score (nSPS) is 13.1. The van der Waals surface area contributed by atoms with E-state index in [1.54, 1.807) is 6.92 Å². The quantitative estimate of drug-likeness (QED) is 0.838. The van der Waals surface area contributed by atoms with Crippen molar-refractivity contribution in [3.63, 3.8) is 0 Å². The fourth-order valence-electron chi connectivity index (χ4n) is 1.60. The first-order valence-electron chi connectivity index (χ1n) is 5.91. The van der Waals surface area contributed by atoms with Gasteiger partial charge in [0.2, 0.25) is 0 Å². The summed E-state index contributed by atoms with van der Waals surface area (Å²) in [5.74, 6) is 0. The van der Waals surface area contributed by atoms with E-state index in [1.165, 1.54) is 6.92 Å². The molecule has 106 valence electrons. The molecule has 2 N–H and O–H groups in total. The van der Waals surface area contributed by atoms with Gasteiger partial charge in [-0.05, 0) is 19.9 Å². The van der Waals surface area contributed by atoms with Crippen LogP contribution < -0.4 is 0 Å². The number of aliphatic hydroxyl groups excluding tert-OH is 1. The number of pyridine rings is 1. The number of aromatic amines is 1. The van der Waals surface area contributed by atoms with Gasteiger partial charge in [-0.1, -0.05) is 13.8 Å². The van der Waals surface area contributed by atoms with Gasteiger partial charge in [0.05, 0.1) is 11.8 Å². The highest BCUT2D eigenvalue weighted by Gasteiger charge is 2.34. The third-order valence-electron chi connectivity index (χ3n) is 2.45. The molecule has 7 heteroatoms. The highest BCUT2D eigenvalue weighted by molar-refractivity contribution is 5.83. The average Bonchev–Trinajstić information content (AvgIpc) is 2.71. The Hall–Kier alpha value is -1.63. The van der Waals surface area contributed by atoms with Crippen molar-refractivity contribution in [2.45, 2.75) is 40.0 Å². The summed E-state index contributed by atoms with van der Waals surface area (Å²) in [6.07, 6.45) is -5.65. The third kappa shape index (κ3) is 3.04. The van der Waals surface area contributed by atoms with Crippen LogP contribution in [0.15, 0.2) is 6.07 Å². The van der Waals surface area contributed by atoms with Crippen molar-refractivity contribution in [3.05, 3.63) is 23.1 Å². The SMILES string of the molecule is CC.Cc1[nH]nc2c(C(C)O)nc(C(F)(F)F)cc12. The number of H-pyrrole nitrogens is 1. The monoisotopic (exact) mass is 275 g/mol. The highest BCUT2D eigenvalue weighted by Crippen LogP contribution is 2.32. The van der Waals surface area contributed by atoms with E-state index in [1.807, 2.05) is 13.8 Å².